The zero-order valence-corrected chi connectivity index (χ0v) is 25.6. The van der Waals surface area contributed by atoms with Crippen LogP contribution in [0.25, 0.3) is 99.9 Å². The van der Waals surface area contributed by atoms with Crippen molar-refractivity contribution >= 4 is 54.6 Å². The summed E-state index contributed by atoms with van der Waals surface area (Å²) in [6.45, 7) is 0. The molecule has 48 heavy (non-hydrogen) atoms. The Hall–Kier alpha value is -6.59. The average molecular weight is 616 g/mol. The fraction of sp³-hybridized carbons (Fsp3) is 0. The van der Waals surface area contributed by atoms with E-state index in [2.05, 4.69) is 84.9 Å². The summed E-state index contributed by atoms with van der Waals surface area (Å²) in [5.41, 5.74) is 7.99. The first kappa shape index (κ1) is 26.6. The third-order valence-electron chi connectivity index (χ3n) is 9.12. The third kappa shape index (κ3) is 4.15. The summed E-state index contributed by atoms with van der Waals surface area (Å²) in [5.74, 6) is 1.74. The predicted molar refractivity (Wildman–Crippen MR) is 194 cm³/mol. The molecule has 10 aromatic rings. The molecule has 0 bridgehead atoms. The second-order valence-electron chi connectivity index (χ2n) is 12.0. The Morgan fingerprint density at radius 2 is 0.958 bits per heavy atom. The Labute approximate surface area is 274 Å². The summed E-state index contributed by atoms with van der Waals surface area (Å²) < 4.78 is 12.9. The molecule has 0 atom stereocenters. The molecule has 3 aromatic heterocycles. The second-order valence-corrected chi connectivity index (χ2v) is 12.0. The maximum absolute atomic E-state index is 6.63. The summed E-state index contributed by atoms with van der Waals surface area (Å²) in [5, 5.41) is 6.29. The zero-order chi connectivity index (χ0) is 31.6. The van der Waals surface area contributed by atoms with Crippen molar-refractivity contribution in [2.24, 2.45) is 0 Å². The van der Waals surface area contributed by atoms with Crippen LogP contribution >= 0.6 is 0 Å². The van der Waals surface area contributed by atoms with Crippen molar-refractivity contribution in [3.63, 3.8) is 0 Å². The van der Waals surface area contributed by atoms with Crippen LogP contribution in [0.2, 0.25) is 0 Å². The topological polar surface area (TPSA) is 65.0 Å². The number of fused-ring (bicyclic) bond motifs is 8. The fourth-order valence-corrected chi connectivity index (χ4v) is 6.93. The lowest BCUT2D eigenvalue weighted by atomic mass is 9.96. The van der Waals surface area contributed by atoms with Gasteiger partial charge in [-0.3, -0.25) is 0 Å². The molecule has 0 spiro atoms. The molecule has 0 aliphatic heterocycles. The number of nitrogens with zero attached hydrogens (tertiary/aromatic N) is 3. The number of aromatic nitrogens is 3. The minimum Gasteiger partial charge on any atom is -0.456 e. The lowest BCUT2D eigenvalue weighted by molar-refractivity contribution is 0.669. The molecule has 0 saturated heterocycles. The summed E-state index contributed by atoms with van der Waals surface area (Å²) in [6, 6.07) is 51.5. The van der Waals surface area contributed by atoms with Gasteiger partial charge >= 0.3 is 0 Å². The molecule has 0 aliphatic rings. The second kappa shape index (κ2) is 10.5. The van der Waals surface area contributed by atoms with Crippen molar-refractivity contribution in [1.82, 2.24) is 15.0 Å². The SMILES string of the molecule is c1ccc(-c2cc(-c3nc(-c4ccccc4)nc(-c4cccc5oc6ccccc6c45)n3)c3c(c2)oc2ccc4ccccc4c23)cc1. The molecule has 0 amide bonds. The van der Waals surface area contributed by atoms with E-state index in [9.17, 15) is 0 Å². The first-order chi connectivity index (χ1) is 23.8. The summed E-state index contributed by atoms with van der Waals surface area (Å²) >= 11 is 0. The summed E-state index contributed by atoms with van der Waals surface area (Å²) in [7, 11) is 0. The van der Waals surface area contributed by atoms with Gasteiger partial charge in [-0.2, -0.15) is 0 Å². The molecule has 3 heterocycles. The molecule has 224 valence electrons. The van der Waals surface area contributed by atoms with Crippen LogP contribution in [-0.4, -0.2) is 15.0 Å². The molecule has 7 aromatic carbocycles. The Morgan fingerprint density at radius 1 is 0.333 bits per heavy atom. The smallest absolute Gasteiger partial charge is 0.164 e. The maximum atomic E-state index is 6.63. The van der Waals surface area contributed by atoms with Crippen LogP contribution in [-0.2, 0) is 0 Å². The van der Waals surface area contributed by atoms with Gasteiger partial charge in [0.15, 0.2) is 17.5 Å². The highest BCUT2D eigenvalue weighted by Gasteiger charge is 2.22. The van der Waals surface area contributed by atoms with Gasteiger partial charge in [-0.25, -0.2) is 15.0 Å². The highest BCUT2D eigenvalue weighted by Crippen LogP contribution is 2.43. The van der Waals surface area contributed by atoms with Gasteiger partial charge in [0.25, 0.3) is 0 Å². The molecule has 0 saturated carbocycles. The molecule has 0 unspecified atom stereocenters. The molecule has 0 radical (unpaired) electrons. The van der Waals surface area contributed by atoms with Crippen LogP contribution in [0, 0.1) is 0 Å². The van der Waals surface area contributed by atoms with Gasteiger partial charge in [-0.15, -0.1) is 0 Å². The van der Waals surface area contributed by atoms with E-state index >= 15 is 0 Å². The number of benzene rings is 7. The van der Waals surface area contributed by atoms with E-state index in [4.69, 9.17) is 23.8 Å². The Bertz CT molecular complexity index is 2840. The van der Waals surface area contributed by atoms with Gasteiger partial charge in [0.05, 0.1) is 0 Å². The van der Waals surface area contributed by atoms with Crippen molar-refractivity contribution in [1.29, 1.82) is 0 Å². The van der Waals surface area contributed by atoms with E-state index in [-0.39, 0.29) is 0 Å². The van der Waals surface area contributed by atoms with Crippen molar-refractivity contribution in [3.8, 4) is 45.3 Å². The summed E-state index contributed by atoms with van der Waals surface area (Å²) in [4.78, 5) is 15.6. The van der Waals surface area contributed by atoms with Gasteiger partial charge < -0.3 is 8.83 Å². The molecule has 0 fully saturated rings. The molecule has 5 nitrogen and oxygen atoms in total. The Kier molecular flexibility index (Phi) is 5.81. The van der Waals surface area contributed by atoms with Crippen LogP contribution < -0.4 is 0 Å². The lowest BCUT2D eigenvalue weighted by Gasteiger charge is -2.12. The van der Waals surface area contributed by atoms with Crippen LogP contribution in [0.15, 0.2) is 160 Å². The summed E-state index contributed by atoms with van der Waals surface area (Å²) in [6.07, 6.45) is 0. The monoisotopic (exact) mass is 615 g/mol. The number of rotatable bonds is 4. The predicted octanol–water partition coefficient (Wildman–Crippen LogP) is 11.5. The average Bonchev–Trinajstić information content (AvgIpc) is 3.74. The van der Waals surface area contributed by atoms with Crippen LogP contribution in [0.1, 0.15) is 0 Å². The third-order valence-corrected chi connectivity index (χ3v) is 9.12. The first-order valence-corrected chi connectivity index (χ1v) is 15.9. The van der Waals surface area contributed by atoms with Gasteiger partial charge in [0.2, 0.25) is 0 Å². The van der Waals surface area contributed by atoms with Gasteiger partial charge in [0, 0.05) is 38.2 Å². The standard InChI is InChI=1S/C43H25N3O2/c1-3-12-26(13-4-1)29-24-33(40-37(25-29)48-36-23-22-27-14-7-8-17-30(27)39(36)40)43-45-41(28-15-5-2-6-16-28)44-42(46-43)32-19-11-21-35-38(32)31-18-9-10-20-34(31)47-35/h1-25H. The Balaban J connectivity index is 1.34. The van der Waals surface area contributed by atoms with E-state index < -0.39 is 0 Å². The zero-order valence-electron chi connectivity index (χ0n) is 25.6. The van der Waals surface area contributed by atoms with Crippen LogP contribution in [0.3, 0.4) is 0 Å². The minimum absolute atomic E-state index is 0.571. The quantitative estimate of drug-likeness (QED) is 0.197. The van der Waals surface area contributed by atoms with Crippen molar-refractivity contribution in [3.05, 3.63) is 152 Å². The maximum Gasteiger partial charge on any atom is 0.164 e. The van der Waals surface area contributed by atoms with Gasteiger partial charge in [0.1, 0.15) is 22.3 Å². The van der Waals surface area contributed by atoms with Crippen molar-refractivity contribution in [2.75, 3.05) is 0 Å². The number of furan rings is 2. The molecular weight excluding hydrogens is 590 g/mol. The lowest BCUT2D eigenvalue weighted by Crippen LogP contribution is -2.01. The van der Waals surface area contributed by atoms with E-state index in [0.717, 1.165) is 82.5 Å². The highest BCUT2D eigenvalue weighted by molar-refractivity contribution is 6.23. The molecule has 0 N–H and O–H groups in total. The van der Waals surface area contributed by atoms with E-state index in [1.54, 1.807) is 0 Å². The van der Waals surface area contributed by atoms with Gasteiger partial charge in [-0.05, 0) is 52.2 Å². The number of hydrogen-bond donors (Lipinski definition) is 0. The first-order valence-electron chi connectivity index (χ1n) is 15.9. The fourth-order valence-electron chi connectivity index (χ4n) is 6.93. The molecule has 10 rings (SSSR count). The van der Waals surface area contributed by atoms with Crippen LogP contribution in [0.4, 0.5) is 0 Å². The van der Waals surface area contributed by atoms with Crippen LogP contribution in [0.5, 0.6) is 0 Å². The Morgan fingerprint density at radius 3 is 1.79 bits per heavy atom. The molecule has 0 aliphatic carbocycles. The molecular formula is C43H25N3O2. The van der Waals surface area contributed by atoms with Crippen molar-refractivity contribution < 1.29 is 8.83 Å². The minimum atomic E-state index is 0.571. The number of para-hydroxylation sites is 1. The molecule has 5 heteroatoms. The van der Waals surface area contributed by atoms with Crippen molar-refractivity contribution in [2.45, 2.75) is 0 Å². The van der Waals surface area contributed by atoms with E-state index in [1.807, 2.05) is 66.7 Å². The highest BCUT2D eigenvalue weighted by atomic mass is 16.3. The van der Waals surface area contributed by atoms with E-state index in [0.29, 0.717) is 17.5 Å². The number of hydrogen-bond acceptors (Lipinski definition) is 5. The normalized spacial score (nSPS) is 11.8. The van der Waals surface area contributed by atoms with E-state index in [1.165, 1.54) is 0 Å². The largest absolute Gasteiger partial charge is 0.456 e. The van der Waals surface area contributed by atoms with Gasteiger partial charge in [-0.1, -0.05) is 121 Å².